The molecule has 0 saturated heterocycles. The topological polar surface area (TPSA) is 41.1 Å². The second kappa shape index (κ2) is 7.07. The first-order valence-electron chi connectivity index (χ1n) is 6.24. The lowest BCUT2D eigenvalue weighted by Gasteiger charge is -2.09. The number of rotatable bonds is 6. The molecular formula is C14H22N2O. The summed E-state index contributed by atoms with van der Waals surface area (Å²) in [6, 6.07) is 8.46. The molecule has 0 bridgehead atoms. The lowest BCUT2D eigenvalue weighted by Crippen LogP contribution is -2.21. The van der Waals surface area contributed by atoms with Crippen molar-refractivity contribution in [1.82, 2.24) is 5.32 Å². The van der Waals surface area contributed by atoms with E-state index in [0.29, 0.717) is 12.5 Å². The SMILES string of the molecule is CCCC(=O)Nc1ccc(CNC(C)C)cc1. The van der Waals surface area contributed by atoms with Gasteiger partial charge in [0.15, 0.2) is 0 Å². The summed E-state index contributed by atoms with van der Waals surface area (Å²) in [6.45, 7) is 7.11. The Morgan fingerprint density at radius 2 is 1.88 bits per heavy atom. The maximum Gasteiger partial charge on any atom is 0.224 e. The normalized spacial score (nSPS) is 10.6. The molecule has 17 heavy (non-hydrogen) atoms. The highest BCUT2D eigenvalue weighted by Gasteiger charge is 2.00. The van der Waals surface area contributed by atoms with Gasteiger partial charge in [-0.3, -0.25) is 4.79 Å². The van der Waals surface area contributed by atoms with Crippen LogP contribution in [0.25, 0.3) is 0 Å². The molecule has 0 atom stereocenters. The lowest BCUT2D eigenvalue weighted by atomic mass is 10.2. The predicted molar refractivity (Wildman–Crippen MR) is 72.0 cm³/mol. The number of hydrogen-bond acceptors (Lipinski definition) is 2. The van der Waals surface area contributed by atoms with Gasteiger partial charge in [-0.25, -0.2) is 0 Å². The number of nitrogens with one attached hydrogen (secondary N) is 2. The standard InChI is InChI=1S/C14H22N2O/c1-4-5-14(17)16-13-8-6-12(7-9-13)10-15-11(2)3/h6-9,11,15H,4-5,10H2,1-3H3,(H,16,17). The van der Waals surface area contributed by atoms with Crippen molar-refractivity contribution in [3.05, 3.63) is 29.8 Å². The number of hydrogen-bond donors (Lipinski definition) is 2. The molecular weight excluding hydrogens is 212 g/mol. The highest BCUT2D eigenvalue weighted by Crippen LogP contribution is 2.10. The van der Waals surface area contributed by atoms with Crippen molar-refractivity contribution < 1.29 is 4.79 Å². The highest BCUT2D eigenvalue weighted by molar-refractivity contribution is 5.90. The number of amides is 1. The molecule has 1 rings (SSSR count). The first-order chi connectivity index (χ1) is 8.11. The first-order valence-corrected chi connectivity index (χ1v) is 6.24. The summed E-state index contributed by atoms with van der Waals surface area (Å²) >= 11 is 0. The minimum absolute atomic E-state index is 0.0838. The Morgan fingerprint density at radius 1 is 1.24 bits per heavy atom. The third kappa shape index (κ3) is 5.50. The summed E-state index contributed by atoms with van der Waals surface area (Å²) in [4.78, 5) is 11.4. The fourth-order valence-corrected chi connectivity index (χ4v) is 1.48. The number of carbonyl (C=O) groups excluding carboxylic acids is 1. The highest BCUT2D eigenvalue weighted by atomic mass is 16.1. The van der Waals surface area contributed by atoms with Gasteiger partial charge in [-0.2, -0.15) is 0 Å². The molecule has 0 aromatic heterocycles. The average Bonchev–Trinajstić information content (AvgIpc) is 2.28. The molecule has 0 unspecified atom stereocenters. The van der Waals surface area contributed by atoms with Gasteiger partial charge in [0, 0.05) is 24.7 Å². The molecule has 3 heteroatoms. The van der Waals surface area contributed by atoms with Gasteiger partial charge in [-0.15, -0.1) is 0 Å². The van der Waals surface area contributed by atoms with E-state index in [9.17, 15) is 4.79 Å². The van der Waals surface area contributed by atoms with Crippen molar-refractivity contribution in [2.75, 3.05) is 5.32 Å². The van der Waals surface area contributed by atoms with Gasteiger partial charge in [-0.05, 0) is 24.1 Å². The second-order valence-electron chi connectivity index (χ2n) is 4.53. The first kappa shape index (κ1) is 13.7. The average molecular weight is 234 g/mol. The van der Waals surface area contributed by atoms with Crippen LogP contribution in [0.3, 0.4) is 0 Å². The van der Waals surface area contributed by atoms with Crippen LogP contribution in [0, 0.1) is 0 Å². The zero-order valence-electron chi connectivity index (χ0n) is 10.9. The molecule has 0 spiro atoms. The van der Waals surface area contributed by atoms with Gasteiger partial charge >= 0.3 is 0 Å². The van der Waals surface area contributed by atoms with E-state index in [1.165, 1.54) is 5.56 Å². The molecule has 0 aliphatic heterocycles. The van der Waals surface area contributed by atoms with E-state index in [1.807, 2.05) is 31.2 Å². The van der Waals surface area contributed by atoms with Gasteiger partial charge in [0.05, 0.1) is 0 Å². The Bertz CT molecular complexity index is 344. The molecule has 94 valence electrons. The summed E-state index contributed by atoms with van der Waals surface area (Å²) in [6.07, 6.45) is 1.46. The van der Waals surface area contributed by atoms with Gasteiger partial charge in [0.2, 0.25) is 5.91 Å². The van der Waals surface area contributed by atoms with Crippen LogP contribution < -0.4 is 10.6 Å². The van der Waals surface area contributed by atoms with Gasteiger partial charge in [0.1, 0.15) is 0 Å². The van der Waals surface area contributed by atoms with Gasteiger partial charge < -0.3 is 10.6 Å². The number of carbonyl (C=O) groups is 1. The van der Waals surface area contributed by atoms with Gasteiger partial charge in [0.25, 0.3) is 0 Å². The molecule has 0 aliphatic rings. The molecule has 2 N–H and O–H groups in total. The van der Waals surface area contributed by atoms with E-state index in [-0.39, 0.29) is 5.91 Å². The molecule has 0 saturated carbocycles. The lowest BCUT2D eigenvalue weighted by molar-refractivity contribution is -0.116. The summed E-state index contributed by atoms with van der Waals surface area (Å²) in [5, 5.41) is 6.23. The van der Waals surface area contributed by atoms with Crippen LogP contribution in [0.1, 0.15) is 39.2 Å². The zero-order valence-corrected chi connectivity index (χ0v) is 10.9. The van der Waals surface area contributed by atoms with Crippen molar-refractivity contribution in [1.29, 1.82) is 0 Å². The van der Waals surface area contributed by atoms with Crippen molar-refractivity contribution in [3.8, 4) is 0 Å². The molecule has 0 aliphatic carbocycles. The van der Waals surface area contributed by atoms with Crippen LogP contribution in [0.15, 0.2) is 24.3 Å². The Hall–Kier alpha value is -1.35. The maximum atomic E-state index is 11.4. The van der Waals surface area contributed by atoms with E-state index >= 15 is 0 Å². The Balaban J connectivity index is 2.47. The third-order valence-electron chi connectivity index (χ3n) is 2.43. The number of anilines is 1. The van der Waals surface area contributed by atoms with Crippen molar-refractivity contribution >= 4 is 11.6 Å². The zero-order chi connectivity index (χ0) is 12.7. The van der Waals surface area contributed by atoms with Crippen LogP contribution in [-0.2, 0) is 11.3 Å². The van der Waals surface area contributed by atoms with Crippen molar-refractivity contribution in [3.63, 3.8) is 0 Å². The fraction of sp³-hybridized carbons (Fsp3) is 0.500. The van der Waals surface area contributed by atoms with Crippen molar-refractivity contribution in [2.24, 2.45) is 0 Å². The Kier molecular flexibility index (Phi) is 5.70. The van der Waals surface area contributed by atoms with E-state index in [2.05, 4.69) is 24.5 Å². The largest absolute Gasteiger partial charge is 0.326 e. The molecule has 1 aromatic rings. The van der Waals surface area contributed by atoms with E-state index in [1.54, 1.807) is 0 Å². The van der Waals surface area contributed by atoms with Crippen molar-refractivity contribution in [2.45, 2.75) is 46.2 Å². The third-order valence-corrected chi connectivity index (χ3v) is 2.43. The van der Waals surface area contributed by atoms with Crippen LogP contribution >= 0.6 is 0 Å². The summed E-state index contributed by atoms with van der Waals surface area (Å²) in [7, 11) is 0. The van der Waals surface area contributed by atoms with Crippen LogP contribution in [0.5, 0.6) is 0 Å². The maximum absolute atomic E-state index is 11.4. The van der Waals surface area contributed by atoms with Crippen LogP contribution in [0.2, 0.25) is 0 Å². The van der Waals surface area contributed by atoms with E-state index in [0.717, 1.165) is 18.7 Å². The van der Waals surface area contributed by atoms with E-state index in [4.69, 9.17) is 0 Å². The molecule has 0 fully saturated rings. The Labute approximate surface area is 104 Å². The smallest absolute Gasteiger partial charge is 0.224 e. The molecule has 0 radical (unpaired) electrons. The molecule has 3 nitrogen and oxygen atoms in total. The summed E-state index contributed by atoms with van der Waals surface area (Å²) in [5.74, 6) is 0.0838. The summed E-state index contributed by atoms with van der Waals surface area (Å²) < 4.78 is 0. The van der Waals surface area contributed by atoms with Crippen LogP contribution in [-0.4, -0.2) is 11.9 Å². The minimum Gasteiger partial charge on any atom is -0.326 e. The summed E-state index contributed by atoms with van der Waals surface area (Å²) in [5.41, 5.74) is 2.10. The fourth-order valence-electron chi connectivity index (χ4n) is 1.48. The predicted octanol–water partition coefficient (Wildman–Crippen LogP) is 2.92. The second-order valence-corrected chi connectivity index (χ2v) is 4.53. The minimum atomic E-state index is 0.0838. The number of benzene rings is 1. The monoisotopic (exact) mass is 234 g/mol. The Morgan fingerprint density at radius 3 is 2.41 bits per heavy atom. The quantitative estimate of drug-likeness (QED) is 0.794. The van der Waals surface area contributed by atoms with Crippen LogP contribution in [0.4, 0.5) is 5.69 Å². The molecule has 0 heterocycles. The molecule has 1 aromatic carbocycles. The van der Waals surface area contributed by atoms with Gasteiger partial charge in [-0.1, -0.05) is 32.9 Å². The van der Waals surface area contributed by atoms with E-state index < -0.39 is 0 Å². The molecule has 1 amide bonds.